The highest BCUT2D eigenvalue weighted by molar-refractivity contribution is 8.12. The summed E-state index contributed by atoms with van der Waals surface area (Å²) in [6.07, 6.45) is 5.27. The van der Waals surface area contributed by atoms with Crippen molar-refractivity contribution in [3.8, 4) is 0 Å². The Hall–Kier alpha value is -2.81. The maximum absolute atomic E-state index is 4.63. The number of thioether (sulfide) groups is 1. The summed E-state index contributed by atoms with van der Waals surface area (Å²) in [5, 5.41) is 19.3. The third-order valence-electron chi connectivity index (χ3n) is 3.35. The van der Waals surface area contributed by atoms with Gasteiger partial charge in [0.1, 0.15) is 5.82 Å². The quantitative estimate of drug-likeness (QED) is 0.678. The van der Waals surface area contributed by atoms with Gasteiger partial charge in [0.05, 0.1) is 40.3 Å². The van der Waals surface area contributed by atoms with Crippen LogP contribution in [0.4, 0.5) is 17.2 Å². The molecule has 0 bridgehead atoms. The third kappa shape index (κ3) is 2.90. The minimum Gasteiger partial charge on any atom is -0.352 e. The molecule has 1 unspecified atom stereocenters. The van der Waals surface area contributed by atoms with E-state index in [1.54, 1.807) is 30.4 Å². The molecule has 9 heteroatoms. The number of pyridine rings is 2. The molecule has 0 aromatic carbocycles. The van der Waals surface area contributed by atoms with Gasteiger partial charge in [-0.1, -0.05) is 11.8 Å². The lowest BCUT2D eigenvalue weighted by Crippen LogP contribution is -2.28. The number of hydrogen-bond acceptors (Lipinski definition) is 8. The van der Waals surface area contributed by atoms with Crippen LogP contribution in [0.5, 0.6) is 0 Å². The molecule has 0 fully saturated rings. The van der Waals surface area contributed by atoms with E-state index in [4.69, 9.17) is 0 Å². The Balaban J connectivity index is 1.59. The first-order chi connectivity index (χ1) is 11.3. The average Bonchev–Trinajstić information content (AvgIpc) is 3.20. The Labute approximate surface area is 136 Å². The predicted molar refractivity (Wildman–Crippen MR) is 92.7 cm³/mol. The molecule has 0 saturated heterocycles. The number of anilines is 3. The standard InChI is InChI=1S/C14H14N8S/c1-22-14(23-8-18-22)21-13-3-2-11-12(20-13)4-9(5-15-11)19-10-6-16-17-7-10/h2-8,14,19H,1H3,(H,16,17)(H,20,21). The van der Waals surface area contributed by atoms with E-state index < -0.39 is 0 Å². The second-order valence-electron chi connectivity index (χ2n) is 5.00. The maximum Gasteiger partial charge on any atom is 0.170 e. The number of aromatic nitrogens is 4. The van der Waals surface area contributed by atoms with Gasteiger partial charge in [0.25, 0.3) is 0 Å². The molecule has 0 aliphatic carbocycles. The van der Waals surface area contributed by atoms with E-state index in [-0.39, 0.29) is 5.50 Å². The van der Waals surface area contributed by atoms with Gasteiger partial charge >= 0.3 is 0 Å². The molecule has 4 rings (SSSR count). The minimum absolute atomic E-state index is 0.0557. The van der Waals surface area contributed by atoms with Crippen LogP contribution >= 0.6 is 11.8 Å². The van der Waals surface area contributed by atoms with E-state index in [9.17, 15) is 0 Å². The van der Waals surface area contributed by atoms with E-state index in [0.29, 0.717) is 0 Å². The molecule has 1 aliphatic heterocycles. The first-order valence-corrected chi connectivity index (χ1v) is 7.92. The summed E-state index contributed by atoms with van der Waals surface area (Å²) in [5.74, 6) is 0.787. The van der Waals surface area contributed by atoms with Crippen LogP contribution in [-0.4, -0.2) is 43.3 Å². The van der Waals surface area contributed by atoms with Crippen LogP contribution in [-0.2, 0) is 0 Å². The number of hydrogen-bond donors (Lipinski definition) is 3. The fraction of sp³-hybridized carbons (Fsp3) is 0.143. The van der Waals surface area contributed by atoms with Crippen LogP contribution in [0.1, 0.15) is 0 Å². The molecule has 0 amide bonds. The van der Waals surface area contributed by atoms with Gasteiger partial charge in [-0.2, -0.15) is 10.2 Å². The Morgan fingerprint density at radius 2 is 2.17 bits per heavy atom. The van der Waals surface area contributed by atoms with Crippen molar-refractivity contribution in [1.82, 2.24) is 25.2 Å². The Morgan fingerprint density at radius 1 is 1.22 bits per heavy atom. The molecule has 0 saturated carbocycles. The summed E-state index contributed by atoms with van der Waals surface area (Å²) in [6, 6.07) is 5.83. The highest BCUT2D eigenvalue weighted by atomic mass is 32.2. The fourth-order valence-electron chi connectivity index (χ4n) is 2.20. The minimum atomic E-state index is 0.0557. The molecule has 8 nitrogen and oxygen atoms in total. The lowest BCUT2D eigenvalue weighted by atomic mass is 10.3. The van der Waals surface area contributed by atoms with Gasteiger partial charge in [0.15, 0.2) is 5.50 Å². The predicted octanol–water partition coefficient (Wildman–Crippen LogP) is 2.41. The first kappa shape index (κ1) is 13.8. The fourth-order valence-corrected chi connectivity index (χ4v) is 2.94. The Morgan fingerprint density at radius 3 is 2.96 bits per heavy atom. The van der Waals surface area contributed by atoms with Crippen LogP contribution < -0.4 is 10.6 Å². The number of hydrazone groups is 1. The smallest absolute Gasteiger partial charge is 0.170 e. The zero-order valence-corrected chi connectivity index (χ0v) is 13.1. The topological polar surface area (TPSA) is 94.1 Å². The molecule has 3 N–H and O–H groups in total. The number of fused-ring (bicyclic) bond motifs is 1. The molecule has 1 atom stereocenters. The molecule has 4 heterocycles. The highest BCUT2D eigenvalue weighted by Gasteiger charge is 2.17. The second-order valence-corrected chi connectivity index (χ2v) is 5.93. The molecule has 116 valence electrons. The normalized spacial score (nSPS) is 16.9. The van der Waals surface area contributed by atoms with Crippen molar-refractivity contribution in [2.45, 2.75) is 5.50 Å². The van der Waals surface area contributed by atoms with Crippen LogP contribution in [0.2, 0.25) is 0 Å². The van der Waals surface area contributed by atoms with Crippen molar-refractivity contribution in [1.29, 1.82) is 0 Å². The number of rotatable bonds is 4. The van der Waals surface area contributed by atoms with E-state index in [0.717, 1.165) is 28.2 Å². The van der Waals surface area contributed by atoms with Crippen molar-refractivity contribution in [3.05, 3.63) is 36.8 Å². The summed E-state index contributed by atoms with van der Waals surface area (Å²) in [6.45, 7) is 0. The highest BCUT2D eigenvalue weighted by Crippen LogP contribution is 2.23. The van der Waals surface area contributed by atoms with E-state index in [1.807, 2.05) is 35.8 Å². The van der Waals surface area contributed by atoms with Crippen molar-refractivity contribution in [2.75, 3.05) is 17.7 Å². The SMILES string of the molecule is CN1N=CSC1Nc1ccc2ncc(Nc3cn[nH]c3)cc2n1. The molecule has 0 spiro atoms. The maximum atomic E-state index is 4.63. The lowest BCUT2D eigenvalue weighted by Gasteiger charge is -2.19. The third-order valence-corrected chi connectivity index (χ3v) is 4.25. The van der Waals surface area contributed by atoms with Crippen LogP contribution in [0.3, 0.4) is 0 Å². The van der Waals surface area contributed by atoms with E-state index >= 15 is 0 Å². The second kappa shape index (κ2) is 5.76. The summed E-state index contributed by atoms with van der Waals surface area (Å²) in [4.78, 5) is 9.06. The lowest BCUT2D eigenvalue weighted by molar-refractivity contribution is 0.364. The zero-order chi connectivity index (χ0) is 15.6. The Bertz CT molecular complexity index is 847. The van der Waals surface area contributed by atoms with Gasteiger partial charge in [0.2, 0.25) is 0 Å². The van der Waals surface area contributed by atoms with Gasteiger partial charge in [-0.25, -0.2) is 4.98 Å². The molecule has 1 aliphatic rings. The number of nitrogens with zero attached hydrogens (tertiary/aromatic N) is 5. The summed E-state index contributed by atoms with van der Waals surface area (Å²) in [7, 11) is 1.92. The molecule has 23 heavy (non-hydrogen) atoms. The molecular formula is C14H14N8S. The Kier molecular flexibility index (Phi) is 3.46. The van der Waals surface area contributed by atoms with E-state index in [1.165, 1.54) is 0 Å². The summed E-state index contributed by atoms with van der Waals surface area (Å²) in [5.41, 5.74) is 5.26. The molecule has 3 aromatic rings. The zero-order valence-electron chi connectivity index (χ0n) is 12.3. The van der Waals surface area contributed by atoms with Crippen LogP contribution in [0, 0.1) is 0 Å². The average molecular weight is 326 g/mol. The van der Waals surface area contributed by atoms with Gasteiger partial charge in [-0.15, -0.1) is 0 Å². The van der Waals surface area contributed by atoms with Gasteiger partial charge in [-0.05, 0) is 18.2 Å². The largest absolute Gasteiger partial charge is 0.352 e. The van der Waals surface area contributed by atoms with Crippen molar-refractivity contribution >= 4 is 45.5 Å². The van der Waals surface area contributed by atoms with Crippen LogP contribution in [0.25, 0.3) is 11.0 Å². The van der Waals surface area contributed by atoms with Crippen molar-refractivity contribution in [2.24, 2.45) is 5.10 Å². The van der Waals surface area contributed by atoms with Crippen molar-refractivity contribution in [3.63, 3.8) is 0 Å². The van der Waals surface area contributed by atoms with Crippen LogP contribution in [0.15, 0.2) is 41.9 Å². The summed E-state index contributed by atoms with van der Waals surface area (Å²) < 4.78 is 0. The van der Waals surface area contributed by atoms with E-state index in [2.05, 4.69) is 35.9 Å². The monoisotopic (exact) mass is 326 g/mol. The van der Waals surface area contributed by atoms with Crippen molar-refractivity contribution < 1.29 is 0 Å². The first-order valence-electron chi connectivity index (χ1n) is 6.98. The molecular weight excluding hydrogens is 312 g/mol. The number of nitrogens with one attached hydrogen (secondary N) is 3. The summed E-state index contributed by atoms with van der Waals surface area (Å²) >= 11 is 1.60. The molecule has 0 radical (unpaired) electrons. The van der Waals surface area contributed by atoms with Gasteiger partial charge in [0, 0.05) is 13.2 Å². The van der Waals surface area contributed by atoms with Gasteiger partial charge in [-0.3, -0.25) is 15.1 Å². The van der Waals surface area contributed by atoms with Gasteiger partial charge < -0.3 is 10.6 Å². The molecule has 3 aromatic heterocycles. The number of H-pyrrole nitrogens is 1. The number of aromatic amines is 1.